The van der Waals surface area contributed by atoms with E-state index in [4.69, 9.17) is 11.5 Å². The monoisotopic (exact) mass is 222 g/mol. The summed E-state index contributed by atoms with van der Waals surface area (Å²) in [6.07, 6.45) is 4.21. The normalized spacial score (nSPS) is 18.6. The van der Waals surface area contributed by atoms with Crippen molar-refractivity contribution >= 4 is 17.3 Å². The standard InChI is InChI=1S/C11H18N4O/c12-8-3-4-9(14-10(8)13)15-11(7-16)5-1-2-6-11/h3-4,16H,1-2,5-7,12H2,(H3,13,14,15). The summed E-state index contributed by atoms with van der Waals surface area (Å²) in [4.78, 5) is 4.16. The van der Waals surface area contributed by atoms with Gasteiger partial charge < -0.3 is 21.9 Å². The van der Waals surface area contributed by atoms with Crippen LogP contribution in [-0.2, 0) is 0 Å². The summed E-state index contributed by atoms with van der Waals surface area (Å²) in [5, 5.41) is 12.7. The molecule has 0 radical (unpaired) electrons. The summed E-state index contributed by atoms with van der Waals surface area (Å²) < 4.78 is 0. The molecule has 6 N–H and O–H groups in total. The van der Waals surface area contributed by atoms with E-state index in [1.165, 1.54) is 0 Å². The quantitative estimate of drug-likeness (QED) is 0.611. The number of pyridine rings is 1. The van der Waals surface area contributed by atoms with Crippen LogP contribution in [0.2, 0.25) is 0 Å². The van der Waals surface area contributed by atoms with Gasteiger partial charge in [0.25, 0.3) is 0 Å². The highest BCUT2D eigenvalue weighted by molar-refractivity contribution is 5.62. The van der Waals surface area contributed by atoms with Gasteiger partial charge in [-0.3, -0.25) is 0 Å². The topological polar surface area (TPSA) is 97.2 Å². The van der Waals surface area contributed by atoms with Crippen LogP contribution in [0.4, 0.5) is 17.3 Å². The molecule has 0 amide bonds. The van der Waals surface area contributed by atoms with E-state index >= 15 is 0 Å². The minimum atomic E-state index is -0.227. The fourth-order valence-corrected chi connectivity index (χ4v) is 2.20. The molecule has 1 saturated carbocycles. The van der Waals surface area contributed by atoms with Crippen molar-refractivity contribution in [3.63, 3.8) is 0 Å². The van der Waals surface area contributed by atoms with Gasteiger partial charge in [0.15, 0.2) is 0 Å². The molecule has 88 valence electrons. The van der Waals surface area contributed by atoms with Gasteiger partial charge in [-0.05, 0) is 25.0 Å². The smallest absolute Gasteiger partial charge is 0.149 e. The Hall–Kier alpha value is -1.49. The Kier molecular flexibility index (Phi) is 2.87. The van der Waals surface area contributed by atoms with Crippen molar-refractivity contribution in [1.82, 2.24) is 4.98 Å². The molecule has 5 heteroatoms. The van der Waals surface area contributed by atoms with Gasteiger partial charge in [-0.25, -0.2) is 4.98 Å². The van der Waals surface area contributed by atoms with Crippen LogP contribution in [0, 0.1) is 0 Å². The number of nitrogens with one attached hydrogen (secondary N) is 1. The van der Waals surface area contributed by atoms with E-state index in [1.807, 2.05) is 0 Å². The minimum Gasteiger partial charge on any atom is -0.396 e. The van der Waals surface area contributed by atoms with Gasteiger partial charge in [-0.2, -0.15) is 0 Å². The molecule has 1 heterocycles. The molecule has 0 atom stereocenters. The first-order valence-electron chi connectivity index (χ1n) is 5.56. The summed E-state index contributed by atoms with van der Waals surface area (Å²) in [6.45, 7) is 0.124. The second-order valence-electron chi connectivity index (χ2n) is 4.44. The Morgan fingerprint density at radius 3 is 2.56 bits per heavy atom. The maximum atomic E-state index is 9.46. The molecule has 1 aromatic rings. The average Bonchev–Trinajstić information content (AvgIpc) is 2.73. The number of aromatic nitrogens is 1. The Labute approximate surface area is 94.9 Å². The zero-order chi connectivity index (χ0) is 11.6. The number of rotatable bonds is 3. The van der Waals surface area contributed by atoms with Gasteiger partial charge in [0.05, 0.1) is 17.8 Å². The van der Waals surface area contributed by atoms with Crippen molar-refractivity contribution in [3.05, 3.63) is 12.1 Å². The van der Waals surface area contributed by atoms with Gasteiger partial charge in [0.1, 0.15) is 11.6 Å². The fourth-order valence-electron chi connectivity index (χ4n) is 2.20. The number of aliphatic hydroxyl groups is 1. The molecule has 0 aromatic carbocycles. The van der Waals surface area contributed by atoms with Crippen LogP contribution in [0.25, 0.3) is 0 Å². The summed E-state index contributed by atoms with van der Waals surface area (Å²) in [5.41, 5.74) is 11.5. The van der Waals surface area contributed by atoms with E-state index in [0.717, 1.165) is 25.7 Å². The van der Waals surface area contributed by atoms with Crippen LogP contribution in [-0.4, -0.2) is 22.2 Å². The molecule has 0 spiro atoms. The molecule has 16 heavy (non-hydrogen) atoms. The third-order valence-corrected chi connectivity index (χ3v) is 3.21. The third-order valence-electron chi connectivity index (χ3n) is 3.21. The Balaban J connectivity index is 2.16. The van der Waals surface area contributed by atoms with E-state index in [9.17, 15) is 5.11 Å². The van der Waals surface area contributed by atoms with Gasteiger partial charge in [-0.15, -0.1) is 0 Å². The number of hydrogen-bond donors (Lipinski definition) is 4. The molecule has 0 saturated heterocycles. The van der Waals surface area contributed by atoms with Crippen molar-refractivity contribution in [2.24, 2.45) is 0 Å². The molecule has 1 fully saturated rings. The number of nitrogen functional groups attached to an aromatic ring is 2. The highest BCUT2D eigenvalue weighted by Crippen LogP contribution is 2.32. The van der Waals surface area contributed by atoms with Gasteiger partial charge in [0, 0.05) is 0 Å². The van der Waals surface area contributed by atoms with Crippen LogP contribution in [0.1, 0.15) is 25.7 Å². The Bertz CT molecular complexity index is 374. The molecular weight excluding hydrogens is 204 g/mol. The molecule has 5 nitrogen and oxygen atoms in total. The van der Waals surface area contributed by atoms with E-state index in [0.29, 0.717) is 17.3 Å². The second kappa shape index (κ2) is 4.17. The number of nitrogens with two attached hydrogens (primary N) is 2. The molecule has 1 aliphatic rings. The lowest BCUT2D eigenvalue weighted by atomic mass is 9.99. The van der Waals surface area contributed by atoms with E-state index in [-0.39, 0.29) is 12.1 Å². The van der Waals surface area contributed by atoms with Crippen LogP contribution in [0.5, 0.6) is 0 Å². The molecule has 2 rings (SSSR count). The number of aliphatic hydroxyl groups excluding tert-OH is 1. The fraction of sp³-hybridized carbons (Fsp3) is 0.545. The number of anilines is 3. The SMILES string of the molecule is Nc1ccc(NC2(CO)CCCC2)nc1N. The van der Waals surface area contributed by atoms with Crippen molar-refractivity contribution < 1.29 is 5.11 Å². The van der Waals surface area contributed by atoms with E-state index in [2.05, 4.69) is 10.3 Å². The maximum Gasteiger partial charge on any atom is 0.149 e. The molecule has 0 aliphatic heterocycles. The molecule has 0 bridgehead atoms. The summed E-state index contributed by atoms with van der Waals surface area (Å²) in [7, 11) is 0. The lowest BCUT2D eigenvalue weighted by molar-refractivity contribution is 0.214. The minimum absolute atomic E-state index is 0.124. The number of hydrogen-bond acceptors (Lipinski definition) is 5. The second-order valence-corrected chi connectivity index (χ2v) is 4.44. The van der Waals surface area contributed by atoms with Crippen LogP contribution < -0.4 is 16.8 Å². The first-order chi connectivity index (χ1) is 7.65. The van der Waals surface area contributed by atoms with E-state index < -0.39 is 0 Å². The zero-order valence-corrected chi connectivity index (χ0v) is 9.24. The molecule has 1 aliphatic carbocycles. The van der Waals surface area contributed by atoms with Crippen molar-refractivity contribution in [1.29, 1.82) is 0 Å². The van der Waals surface area contributed by atoms with Crippen LogP contribution >= 0.6 is 0 Å². The first kappa shape index (κ1) is 11.0. The Morgan fingerprint density at radius 2 is 2.00 bits per heavy atom. The molecule has 0 unspecified atom stereocenters. The van der Waals surface area contributed by atoms with Gasteiger partial charge in [0.2, 0.25) is 0 Å². The highest BCUT2D eigenvalue weighted by Gasteiger charge is 2.33. The zero-order valence-electron chi connectivity index (χ0n) is 9.24. The predicted octanol–water partition coefficient (Wildman–Crippen LogP) is 0.963. The molecular formula is C11H18N4O. The van der Waals surface area contributed by atoms with Gasteiger partial charge >= 0.3 is 0 Å². The first-order valence-corrected chi connectivity index (χ1v) is 5.56. The maximum absolute atomic E-state index is 9.46. The van der Waals surface area contributed by atoms with Gasteiger partial charge in [-0.1, -0.05) is 12.8 Å². The summed E-state index contributed by atoms with van der Waals surface area (Å²) in [5.74, 6) is 1.01. The summed E-state index contributed by atoms with van der Waals surface area (Å²) in [6, 6.07) is 3.52. The number of nitrogens with zero attached hydrogens (tertiary/aromatic N) is 1. The van der Waals surface area contributed by atoms with Crippen LogP contribution in [0.15, 0.2) is 12.1 Å². The third kappa shape index (κ3) is 2.04. The summed E-state index contributed by atoms with van der Waals surface area (Å²) >= 11 is 0. The van der Waals surface area contributed by atoms with E-state index in [1.54, 1.807) is 12.1 Å². The lowest BCUT2D eigenvalue weighted by Crippen LogP contribution is -2.39. The van der Waals surface area contributed by atoms with Crippen LogP contribution in [0.3, 0.4) is 0 Å². The van der Waals surface area contributed by atoms with Crippen molar-refractivity contribution in [2.75, 3.05) is 23.4 Å². The largest absolute Gasteiger partial charge is 0.396 e. The predicted molar refractivity (Wildman–Crippen MR) is 65.0 cm³/mol. The lowest BCUT2D eigenvalue weighted by Gasteiger charge is -2.28. The molecule has 1 aromatic heterocycles. The highest BCUT2D eigenvalue weighted by atomic mass is 16.3. The average molecular weight is 222 g/mol. The Morgan fingerprint density at radius 1 is 1.31 bits per heavy atom. The van der Waals surface area contributed by atoms with Crippen molar-refractivity contribution in [3.8, 4) is 0 Å². The van der Waals surface area contributed by atoms with Crippen molar-refractivity contribution in [2.45, 2.75) is 31.2 Å².